The average molecular weight is 291 g/mol. The van der Waals surface area contributed by atoms with Crippen LogP contribution in [0.2, 0.25) is 0 Å². The molecule has 1 atom stereocenters. The molecule has 2 rings (SSSR count). The topological polar surface area (TPSA) is 24.9 Å². The van der Waals surface area contributed by atoms with Crippen molar-refractivity contribution in [2.24, 2.45) is 5.92 Å². The van der Waals surface area contributed by atoms with Crippen LogP contribution in [0.3, 0.4) is 0 Å². The highest BCUT2D eigenvalue weighted by atomic mass is 35.5. The van der Waals surface area contributed by atoms with Crippen molar-refractivity contribution in [1.29, 1.82) is 0 Å². The average Bonchev–Trinajstić information content (AvgIpc) is 2.47. The lowest BCUT2D eigenvalue weighted by molar-refractivity contribution is 0.429. The maximum Gasteiger partial charge on any atom is 0.0705 e. The van der Waals surface area contributed by atoms with Gasteiger partial charge in [0.15, 0.2) is 0 Å². The maximum absolute atomic E-state index is 5.85. The zero-order valence-electron chi connectivity index (χ0n) is 12.1. The first-order chi connectivity index (χ1) is 9.83. The number of nitrogens with zero attached hydrogens (tertiary/aromatic N) is 1. The summed E-state index contributed by atoms with van der Waals surface area (Å²) >= 11 is 5.85. The van der Waals surface area contributed by atoms with E-state index in [1.54, 1.807) is 0 Å². The van der Waals surface area contributed by atoms with Gasteiger partial charge in [0.1, 0.15) is 0 Å². The molecule has 0 bridgehead atoms. The maximum atomic E-state index is 5.85. The molecule has 0 aliphatic carbocycles. The van der Waals surface area contributed by atoms with E-state index in [-0.39, 0.29) is 0 Å². The number of para-hydroxylation sites is 1. The van der Waals surface area contributed by atoms with Crippen molar-refractivity contribution in [1.82, 2.24) is 10.3 Å². The molecule has 0 aliphatic heterocycles. The SMILES string of the molecule is CCCC(CCCl)CNCc1ccc2ccccc2n1. The van der Waals surface area contributed by atoms with Crippen molar-refractivity contribution in [3.8, 4) is 0 Å². The van der Waals surface area contributed by atoms with E-state index in [1.807, 2.05) is 12.1 Å². The Kier molecular flexibility index (Phi) is 6.28. The van der Waals surface area contributed by atoms with E-state index in [9.17, 15) is 0 Å². The number of fused-ring (bicyclic) bond motifs is 1. The second-order valence-electron chi connectivity index (χ2n) is 5.26. The number of benzene rings is 1. The zero-order chi connectivity index (χ0) is 14.2. The van der Waals surface area contributed by atoms with E-state index < -0.39 is 0 Å². The first-order valence-corrected chi connectivity index (χ1v) is 7.98. The van der Waals surface area contributed by atoms with Crippen molar-refractivity contribution >= 4 is 22.5 Å². The first-order valence-electron chi connectivity index (χ1n) is 7.45. The van der Waals surface area contributed by atoms with Gasteiger partial charge in [-0.05, 0) is 37.4 Å². The minimum atomic E-state index is 0.679. The Balaban J connectivity index is 1.88. The van der Waals surface area contributed by atoms with Crippen LogP contribution in [-0.2, 0) is 6.54 Å². The fourth-order valence-electron chi connectivity index (χ4n) is 2.52. The predicted octanol–water partition coefficient (Wildman–Crippen LogP) is 4.37. The summed E-state index contributed by atoms with van der Waals surface area (Å²) in [5, 5.41) is 4.71. The van der Waals surface area contributed by atoms with Crippen molar-refractivity contribution < 1.29 is 0 Å². The van der Waals surface area contributed by atoms with Crippen LogP contribution in [0.15, 0.2) is 36.4 Å². The van der Waals surface area contributed by atoms with Gasteiger partial charge >= 0.3 is 0 Å². The summed E-state index contributed by atoms with van der Waals surface area (Å²) in [6, 6.07) is 12.5. The fourth-order valence-corrected chi connectivity index (χ4v) is 2.83. The summed E-state index contributed by atoms with van der Waals surface area (Å²) in [6.07, 6.45) is 3.55. The zero-order valence-corrected chi connectivity index (χ0v) is 12.9. The van der Waals surface area contributed by atoms with Gasteiger partial charge in [0.25, 0.3) is 0 Å². The normalized spacial score (nSPS) is 12.7. The van der Waals surface area contributed by atoms with Gasteiger partial charge in [0.05, 0.1) is 11.2 Å². The quantitative estimate of drug-likeness (QED) is 0.730. The van der Waals surface area contributed by atoms with Gasteiger partial charge in [-0.25, -0.2) is 0 Å². The third kappa shape index (κ3) is 4.46. The minimum Gasteiger partial charge on any atom is -0.311 e. The number of alkyl halides is 1. The van der Waals surface area contributed by atoms with Crippen molar-refractivity contribution in [2.75, 3.05) is 12.4 Å². The van der Waals surface area contributed by atoms with E-state index in [1.165, 1.54) is 18.2 Å². The Morgan fingerprint density at radius 2 is 2.00 bits per heavy atom. The number of nitrogens with one attached hydrogen (secondary N) is 1. The third-order valence-electron chi connectivity index (χ3n) is 3.61. The fraction of sp³-hybridized carbons (Fsp3) is 0.471. The van der Waals surface area contributed by atoms with Crippen LogP contribution >= 0.6 is 11.6 Å². The highest BCUT2D eigenvalue weighted by Gasteiger charge is 2.06. The van der Waals surface area contributed by atoms with E-state index in [0.29, 0.717) is 5.92 Å². The highest BCUT2D eigenvalue weighted by Crippen LogP contribution is 2.13. The molecule has 0 saturated carbocycles. The van der Waals surface area contributed by atoms with Gasteiger partial charge in [-0.1, -0.05) is 37.6 Å². The molecule has 0 saturated heterocycles. The molecule has 20 heavy (non-hydrogen) atoms. The standard InChI is InChI=1S/C17H23ClN2/c1-2-5-14(10-11-18)12-19-13-16-9-8-15-6-3-4-7-17(15)20-16/h3-4,6-9,14,19H,2,5,10-13H2,1H3. The van der Waals surface area contributed by atoms with Crippen molar-refractivity contribution in [3.63, 3.8) is 0 Å². The van der Waals surface area contributed by atoms with Gasteiger partial charge in [-0.15, -0.1) is 11.6 Å². The number of aromatic nitrogens is 1. The van der Waals surface area contributed by atoms with Crippen LogP contribution in [0.25, 0.3) is 10.9 Å². The summed E-state index contributed by atoms with van der Waals surface area (Å²) in [7, 11) is 0. The second kappa shape index (κ2) is 8.23. The van der Waals surface area contributed by atoms with Crippen LogP contribution in [0.4, 0.5) is 0 Å². The Morgan fingerprint density at radius 3 is 2.80 bits per heavy atom. The smallest absolute Gasteiger partial charge is 0.0705 e. The highest BCUT2D eigenvalue weighted by molar-refractivity contribution is 6.17. The predicted molar refractivity (Wildman–Crippen MR) is 87.2 cm³/mol. The molecular formula is C17H23ClN2. The molecule has 0 radical (unpaired) electrons. The van der Waals surface area contributed by atoms with Gasteiger partial charge in [0, 0.05) is 17.8 Å². The Hall–Kier alpha value is -1.12. The van der Waals surface area contributed by atoms with Gasteiger partial charge in [-0.2, -0.15) is 0 Å². The molecule has 0 fully saturated rings. The van der Waals surface area contributed by atoms with Crippen LogP contribution in [0.5, 0.6) is 0 Å². The van der Waals surface area contributed by atoms with E-state index in [4.69, 9.17) is 11.6 Å². The van der Waals surface area contributed by atoms with Gasteiger partial charge < -0.3 is 5.32 Å². The van der Waals surface area contributed by atoms with Crippen LogP contribution < -0.4 is 5.32 Å². The number of halogens is 1. The third-order valence-corrected chi connectivity index (χ3v) is 3.83. The Labute approximate surface area is 126 Å². The molecular weight excluding hydrogens is 268 g/mol. The molecule has 2 aromatic rings. The van der Waals surface area contributed by atoms with Crippen molar-refractivity contribution in [2.45, 2.75) is 32.7 Å². The lowest BCUT2D eigenvalue weighted by atomic mass is 10.0. The van der Waals surface area contributed by atoms with Gasteiger partial charge in [-0.3, -0.25) is 4.98 Å². The minimum absolute atomic E-state index is 0.679. The number of hydrogen-bond donors (Lipinski definition) is 1. The molecule has 1 aromatic carbocycles. The molecule has 3 heteroatoms. The molecule has 0 aliphatic rings. The first kappa shape index (κ1) is 15.3. The molecule has 1 heterocycles. The van der Waals surface area contributed by atoms with Crippen LogP contribution in [0, 0.1) is 5.92 Å². The van der Waals surface area contributed by atoms with Crippen LogP contribution in [-0.4, -0.2) is 17.4 Å². The van der Waals surface area contributed by atoms with Crippen molar-refractivity contribution in [3.05, 3.63) is 42.1 Å². The summed E-state index contributed by atoms with van der Waals surface area (Å²) in [5.41, 5.74) is 2.17. The summed E-state index contributed by atoms with van der Waals surface area (Å²) < 4.78 is 0. The summed E-state index contributed by atoms with van der Waals surface area (Å²) in [6.45, 7) is 4.08. The molecule has 1 N–H and O–H groups in total. The Bertz CT molecular complexity index is 521. The monoisotopic (exact) mass is 290 g/mol. The van der Waals surface area contributed by atoms with Gasteiger partial charge in [0.2, 0.25) is 0 Å². The number of pyridine rings is 1. The molecule has 0 spiro atoms. The molecule has 1 aromatic heterocycles. The summed E-state index contributed by atoms with van der Waals surface area (Å²) in [4.78, 5) is 4.68. The summed E-state index contributed by atoms with van der Waals surface area (Å²) in [5.74, 6) is 1.43. The molecule has 108 valence electrons. The number of rotatable bonds is 8. The molecule has 1 unspecified atom stereocenters. The molecule has 2 nitrogen and oxygen atoms in total. The largest absolute Gasteiger partial charge is 0.311 e. The lowest BCUT2D eigenvalue weighted by Crippen LogP contribution is -2.23. The van der Waals surface area contributed by atoms with E-state index in [2.05, 4.69) is 41.5 Å². The van der Waals surface area contributed by atoms with Crippen LogP contribution in [0.1, 0.15) is 31.9 Å². The Morgan fingerprint density at radius 1 is 1.15 bits per heavy atom. The lowest BCUT2D eigenvalue weighted by Gasteiger charge is -2.15. The van der Waals surface area contributed by atoms with E-state index >= 15 is 0 Å². The molecule has 0 amide bonds. The second-order valence-corrected chi connectivity index (χ2v) is 5.64. The number of hydrogen-bond acceptors (Lipinski definition) is 2. The van der Waals surface area contributed by atoms with E-state index in [0.717, 1.165) is 36.6 Å².